The minimum Gasteiger partial charge on any atom is -0.465 e. The summed E-state index contributed by atoms with van der Waals surface area (Å²) in [7, 11) is 1.38. The predicted molar refractivity (Wildman–Crippen MR) is 78.6 cm³/mol. The average Bonchev–Trinajstić information content (AvgIpc) is 2.53. The minimum absolute atomic E-state index is 0.161. The van der Waals surface area contributed by atoms with Crippen LogP contribution in [0.1, 0.15) is 42.5 Å². The summed E-state index contributed by atoms with van der Waals surface area (Å²) < 4.78 is 4.79. The van der Waals surface area contributed by atoms with Gasteiger partial charge in [0.15, 0.2) is 0 Å². The monoisotopic (exact) mass is 277 g/mol. The predicted octanol–water partition coefficient (Wildman–Crippen LogP) is 2.19. The second-order valence-electron chi connectivity index (χ2n) is 5.28. The topological polar surface area (TPSA) is 77.2 Å². The third-order valence-electron chi connectivity index (χ3n) is 4.01. The van der Waals surface area contributed by atoms with E-state index in [1.165, 1.54) is 39.2 Å². The molecule has 0 saturated heterocycles. The quantitative estimate of drug-likeness (QED) is 0.807. The Morgan fingerprint density at radius 3 is 2.90 bits per heavy atom. The fraction of sp³-hybridized carbons (Fsp3) is 0.600. The molecule has 0 aliphatic heterocycles. The maximum atomic E-state index is 11.7. The van der Waals surface area contributed by atoms with Crippen molar-refractivity contribution in [1.29, 1.82) is 0 Å². The number of hydrogen-bond donors (Lipinski definition) is 2. The summed E-state index contributed by atoms with van der Waals surface area (Å²) in [6.07, 6.45) is 7.88. The van der Waals surface area contributed by atoms with Gasteiger partial charge in [0, 0.05) is 18.8 Å². The Kier molecular flexibility index (Phi) is 5.35. The third kappa shape index (κ3) is 3.48. The molecule has 5 nitrogen and oxygen atoms in total. The van der Waals surface area contributed by atoms with E-state index in [-0.39, 0.29) is 12.0 Å². The van der Waals surface area contributed by atoms with Crippen molar-refractivity contribution >= 4 is 11.8 Å². The highest BCUT2D eigenvalue weighted by atomic mass is 16.5. The van der Waals surface area contributed by atoms with Crippen LogP contribution < -0.4 is 11.1 Å². The molecule has 1 aromatic rings. The molecule has 110 valence electrons. The Balaban J connectivity index is 2.12. The van der Waals surface area contributed by atoms with Crippen LogP contribution in [0.2, 0.25) is 0 Å². The fourth-order valence-corrected chi connectivity index (χ4v) is 2.88. The van der Waals surface area contributed by atoms with Crippen LogP contribution in [0, 0.1) is 5.92 Å². The molecule has 1 fully saturated rings. The molecule has 1 atom stereocenters. The van der Waals surface area contributed by atoms with E-state index in [1.807, 2.05) is 0 Å². The molecule has 1 aliphatic carbocycles. The molecule has 0 radical (unpaired) electrons. The van der Waals surface area contributed by atoms with Crippen LogP contribution in [0.4, 0.5) is 5.82 Å². The summed E-state index contributed by atoms with van der Waals surface area (Å²) in [6, 6.07) is 3.61. The lowest BCUT2D eigenvalue weighted by Crippen LogP contribution is -2.38. The van der Waals surface area contributed by atoms with E-state index in [2.05, 4.69) is 10.3 Å². The van der Waals surface area contributed by atoms with Crippen molar-refractivity contribution in [3.05, 3.63) is 23.9 Å². The van der Waals surface area contributed by atoms with Gasteiger partial charge in [0.25, 0.3) is 0 Å². The van der Waals surface area contributed by atoms with Gasteiger partial charge in [-0.1, -0.05) is 19.3 Å². The standard InChI is InChI=1S/C15H23N3O2/c1-20-15(19)12-8-5-9-17-14(12)18-13(10-16)11-6-3-2-4-7-11/h5,8-9,11,13H,2-4,6-7,10,16H2,1H3,(H,17,18). The molecular formula is C15H23N3O2. The van der Waals surface area contributed by atoms with Crippen LogP contribution in [0.25, 0.3) is 0 Å². The second-order valence-corrected chi connectivity index (χ2v) is 5.28. The first-order valence-corrected chi connectivity index (χ1v) is 7.26. The molecular weight excluding hydrogens is 254 g/mol. The van der Waals surface area contributed by atoms with Crippen LogP contribution >= 0.6 is 0 Å². The van der Waals surface area contributed by atoms with Gasteiger partial charge in [-0.05, 0) is 30.9 Å². The van der Waals surface area contributed by atoms with Crippen molar-refractivity contribution in [2.24, 2.45) is 11.7 Å². The van der Waals surface area contributed by atoms with Crippen LogP contribution in [0.5, 0.6) is 0 Å². The number of aromatic nitrogens is 1. The number of carbonyl (C=O) groups is 1. The molecule has 1 saturated carbocycles. The first-order valence-electron chi connectivity index (χ1n) is 7.26. The molecule has 2 rings (SSSR count). The summed E-state index contributed by atoms with van der Waals surface area (Å²) in [5.41, 5.74) is 6.37. The van der Waals surface area contributed by atoms with E-state index in [4.69, 9.17) is 10.5 Å². The Bertz CT molecular complexity index is 444. The highest BCUT2D eigenvalue weighted by molar-refractivity contribution is 5.94. The van der Waals surface area contributed by atoms with Gasteiger partial charge < -0.3 is 15.8 Å². The van der Waals surface area contributed by atoms with Crippen molar-refractivity contribution in [2.45, 2.75) is 38.1 Å². The van der Waals surface area contributed by atoms with Gasteiger partial charge in [-0.3, -0.25) is 0 Å². The number of anilines is 1. The number of ether oxygens (including phenoxy) is 1. The number of nitrogens with two attached hydrogens (primary N) is 1. The number of carbonyl (C=O) groups excluding carboxylic acids is 1. The summed E-state index contributed by atoms with van der Waals surface area (Å²) in [5, 5.41) is 3.35. The summed E-state index contributed by atoms with van der Waals surface area (Å²) >= 11 is 0. The molecule has 0 bridgehead atoms. The van der Waals surface area contributed by atoms with E-state index in [1.54, 1.807) is 18.3 Å². The van der Waals surface area contributed by atoms with E-state index in [0.717, 1.165) is 0 Å². The van der Waals surface area contributed by atoms with Crippen LogP contribution in [-0.4, -0.2) is 30.6 Å². The van der Waals surface area contributed by atoms with Gasteiger partial charge in [-0.15, -0.1) is 0 Å². The van der Waals surface area contributed by atoms with Crippen LogP contribution in [0.15, 0.2) is 18.3 Å². The second kappa shape index (κ2) is 7.24. The minimum atomic E-state index is -0.375. The number of rotatable bonds is 5. The lowest BCUT2D eigenvalue weighted by molar-refractivity contribution is 0.0601. The summed E-state index contributed by atoms with van der Waals surface area (Å²) in [4.78, 5) is 16.0. The molecule has 1 aliphatic rings. The zero-order valence-electron chi connectivity index (χ0n) is 12.0. The summed E-state index contributed by atoms with van der Waals surface area (Å²) in [6.45, 7) is 0.544. The smallest absolute Gasteiger partial charge is 0.341 e. The van der Waals surface area contributed by atoms with Gasteiger partial charge in [0.2, 0.25) is 0 Å². The first kappa shape index (κ1) is 14.8. The Morgan fingerprint density at radius 2 is 2.25 bits per heavy atom. The SMILES string of the molecule is COC(=O)c1cccnc1NC(CN)C1CCCCC1. The molecule has 0 spiro atoms. The lowest BCUT2D eigenvalue weighted by Gasteiger charge is -2.30. The Labute approximate surface area is 119 Å². The van der Waals surface area contributed by atoms with E-state index in [0.29, 0.717) is 23.8 Å². The van der Waals surface area contributed by atoms with Crippen molar-refractivity contribution in [2.75, 3.05) is 19.0 Å². The molecule has 1 heterocycles. The normalized spacial score (nSPS) is 17.5. The van der Waals surface area contributed by atoms with Crippen molar-refractivity contribution in [1.82, 2.24) is 4.98 Å². The van der Waals surface area contributed by atoms with Crippen molar-refractivity contribution < 1.29 is 9.53 Å². The molecule has 3 N–H and O–H groups in total. The zero-order chi connectivity index (χ0) is 14.4. The molecule has 0 aromatic carbocycles. The number of methoxy groups -OCH3 is 1. The third-order valence-corrected chi connectivity index (χ3v) is 4.01. The fourth-order valence-electron chi connectivity index (χ4n) is 2.88. The van der Waals surface area contributed by atoms with Crippen LogP contribution in [0.3, 0.4) is 0 Å². The van der Waals surface area contributed by atoms with Gasteiger partial charge in [-0.25, -0.2) is 9.78 Å². The lowest BCUT2D eigenvalue weighted by atomic mass is 9.84. The van der Waals surface area contributed by atoms with E-state index < -0.39 is 0 Å². The number of esters is 1. The number of nitrogens with zero attached hydrogens (tertiary/aromatic N) is 1. The molecule has 5 heteroatoms. The van der Waals surface area contributed by atoms with Gasteiger partial charge >= 0.3 is 5.97 Å². The van der Waals surface area contributed by atoms with Crippen LogP contribution in [-0.2, 0) is 4.74 Å². The van der Waals surface area contributed by atoms with E-state index in [9.17, 15) is 4.79 Å². The summed E-state index contributed by atoms with van der Waals surface area (Å²) in [5.74, 6) is 0.752. The molecule has 1 unspecified atom stereocenters. The van der Waals surface area contributed by atoms with Crippen molar-refractivity contribution in [3.63, 3.8) is 0 Å². The van der Waals surface area contributed by atoms with Gasteiger partial charge in [-0.2, -0.15) is 0 Å². The molecule has 1 aromatic heterocycles. The number of hydrogen-bond acceptors (Lipinski definition) is 5. The van der Waals surface area contributed by atoms with Crippen molar-refractivity contribution in [3.8, 4) is 0 Å². The largest absolute Gasteiger partial charge is 0.465 e. The number of nitrogens with one attached hydrogen (secondary N) is 1. The Hall–Kier alpha value is -1.62. The zero-order valence-corrected chi connectivity index (χ0v) is 12.0. The highest BCUT2D eigenvalue weighted by Crippen LogP contribution is 2.28. The molecule has 0 amide bonds. The van der Waals surface area contributed by atoms with Gasteiger partial charge in [0.1, 0.15) is 11.4 Å². The highest BCUT2D eigenvalue weighted by Gasteiger charge is 2.24. The number of pyridine rings is 1. The first-order chi connectivity index (χ1) is 9.76. The Morgan fingerprint density at radius 1 is 1.50 bits per heavy atom. The van der Waals surface area contributed by atoms with E-state index >= 15 is 0 Å². The maximum Gasteiger partial charge on any atom is 0.341 e. The maximum absolute atomic E-state index is 11.7. The molecule has 20 heavy (non-hydrogen) atoms. The van der Waals surface area contributed by atoms with Gasteiger partial charge in [0.05, 0.1) is 7.11 Å². The average molecular weight is 277 g/mol.